The van der Waals surface area contributed by atoms with Gasteiger partial charge in [-0.2, -0.15) is 0 Å². The highest BCUT2D eigenvalue weighted by Crippen LogP contribution is 2.22. The molecule has 1 amide bonds. The molecular formula is C14H19BrClNO2. The van der Waals surface area contributed by atoms with E-state index in [9.17, 15) is 4.79 Å². The highest BCUT2D eigenvalue weighted by molar-refractivity contribution is 9.10. The summed E-state index contributed by atoms with van der Waals surface area (Å²) in [5, 5.41) is 3.48. The van der Waals surface area contributed by atoms with Crippen molar-refractivity contribution in [2.45, 2.75) is 39.2 Å². The topological polar surface area (TPSA) is 38.3 Å². The minimum Gasteiger partial charge on any atom is -0.444 e. The number of benzene rings is 1. The lowest BCUT2D eigenvalue weighted by Crippen LogP contribution is -2.33. The first-order valence-corrected chi connectivity index (χ1v) is 7.36. The van der Waals surface area contributed by atoms with E-state index in [1.807, 2.05) is 39.0 Å². The van der Waals surface area contributed by atoms with Crippen LogP contribution in [0.3, 0.4) is 0 Å². The van der Waals surface area contributed by atoms with Crippen molar-refractivity contribution < 1.29 is 9.53 Å². The molecule has 0 saturated carbocycles. The van der Waals surface area contributed by atoms with Gasteiger partial charge in [0.2, 0.25) is 0 Å². The van der Waals surface area contributed by atoms with E-state index in [1.54, 1.807) is 0 Å². The van der Waals surface area contributed by atoms with E-state index in [0.717, 1.165) is 27.9 Å². The van der Waals surface area contributed by atoms with Crippen molar-refractivity contribution in [2.75, 3.05) is 6.54 Å². The van der Waals surface area contributed by atoms with Gasteiger partial charge in [0, 0.05) is 16.0 Å². The van der Waals surface area contributed by atoms with Crippen molar-refractivity contribution in [3.63, 3.8) is 0 Å². The molecule has 1 aromatic carbocycles. The molecular weight excluding hydrogens is 330 g/mol. The average Bonchev–Trinajstić information content (AvgIpc) is 2.26. The number of ether oxygens (including phenoxy) is 1. The van der Waals surface area contributed by atoms with Crippen LogP contribution < -0.4 is 5.32 Å². The van der Waals surface area contributed by atoms with E-state index in [0.29, 0.717) is 6.54 Å². The second-order valence-electron chi connectivity index (χ2n) is 5.27. The maximum Gasteiger partial charge on any atom is 0.407 e. The van der Waals surface area contributed by atoms with Gasteiger partial charge in [-0.15, -0.1) is 0 Å². The summed E-state index contributed by atoms with van der Waals surface area (Å²) in [5.74, 6) is 0. The van der Waals surface area contributed by atoms with Gasteiger partial charge in [0.25, 0.3) is 0 Å². The van der Waals surface area contributed by atoms with Crippen molar-refractivity contribution in [3.8, 4) is 0 Å². The molecule has 5 heteroatoms. The first kappa shape index (κ1) is 16.3. The van der Waals surface area contributed by atoms with Crippen LogP contribution in [0.15, 0.2) is 22.7 Å². The molecule has 0 saturated heterocycles. The normalized spacial score (nSPS) is 11.2. The fourth-order valence-electron chi connectivity index (χ4n) is 1.52. The predicted molar refractivity (Wildman–Crippen MR) is 81.7 cm³/mol. The predicted octanol–water partition coefficient (Wildman–Crippen LogP) is 4.56. The second kappa shape index (κ2) is 7.15. The van der Waals surface area contributed by atoms with E-state index < -0.39 is 5.60 Å². The molecule has 0 aromatic heterocycles. The molecule has 0 aliphatic rings. The van der Waals surface area contributed by atoms with E-state index in [2.05, 4.69) is 21.2 Å². The third kappa shape index (κ3) is 6.83. The Morgan fingerprint density at radius 2 is 2.11 bits per heavy atom. The summed E-state index contributed by atoms with van der Waals surface area (Å²) >= 11 is 9.51. The lowest BCUT2D eigenvalue weighted by Gasteiger charge is -2.19. The number of carbonyl (C=O) groups is 1. The Morgan fingerprint density at radius 1 is 1.42 bits per heavy atom. The highest BCUT2D eigenvalue weighted by Gasteiger charge is 2.15. The molecule has 1 rings (SSSR count). The number of amides is 1. The van der Waals surface area contributed by atoms with Gasteiger partial charge in [-0.25, -0.2) is 4.79 Å². The van der Waals surface area contributed by atoms with Gasteiger partial charge < -0.3 is 10.1 Å². The van der Waals surface area contributed by atoms with E-state index >= 15 is 0 Å². The van der Waals surface area contributed by atoms with Gasteiger partial charge in [-0.1, -0.05) is 27.5 Å². The number of aryl methyl sites for hydroxylation is 1. The van der Waals surface area contributed by atoms with Crippen molar-refractivity contribution in [3.05, 3.63) is 33.3 Å². The summed E-state index contributed by atoms with van der Waals surface area (Å²) in [4.78, 5) is 11.4. The van der Waals surface area contributed by atoms with Crippen molar-refractivity contribution in [1.82, 2.24) is 5.32 Å². The van der Waals surface area contributed by atoms with Crippen molar-refractivity contribution >= 4 is 33.6 Å². The molecule has 0 spiro atoms. The summed E-state index contributed by atoms with van der Waals surface area (Å²) in [6.07, 6.45) is 1.25. The number of hydrogen-bond donors (Lipinski definition) is 1. The van der Waals surface area contributed by atoms with Crippen LogP contribution >= 0.6 is 27.5 Å². The Balaban J connectivity index is 2.31. The molecule has 1 N–H and O–H groups in total. The number of nitrogens with one attached hydrogen (secondary N) is 1. The number of carbonyl (C=O) groups excluding carboxylic acids is 1. The molecule has 19 heavy (non-hydrogen) atoms. The fourth-order valence-corrected chi connectivity index (χ4v) is 2.14. The summed E-state index contributed by atoms with van der Waals surface area (Å²) in [6, 6.07) is 5.77. The molecule has 0 radical (unpaired) electrons. The van der Waals surface area contributed by atoms with Gasteiger partial charge in [-0.05, 0) is 57.4 Å². The van der Waals surface area contributed by atoms with Crippen LogP contribution in [-0.2, 0) is 11.2 Å². The summed E-state index contributed by atoms with van der Waals surface area (Å²) in [6.45, 7) is 6.09. The van der Waals surface area contributed by atoms with Gasteiger partial charge in [-0.3, -0.25) is 0 Å². The fraction of sp³-hybridized carbons (Fsp3) is 0.500. The van der Waals surface area contributed by atoms with Crippen LogP contribution in [0.2, 0.25) is 5.02 Å². The van der Waals surface area contributed by atoms with Crippen molar-refractivity contribution in [2.24, 2.45) is 0 Å². The lowest BCUT2D eigenvalue weighted by molar-refractivity contribution is 0.0527. The molecule has 0 atom stereocenters. The molecule has 3 nitrogen and oxygen atoms in total. The van der Waals surface area contributed by atoms with E-state index in [4.69, 9.17) is 16.3 Å². The number of alkyl carbamates (subject to hydrolysis) is 1. The van der Waals surface area contributed by atoms with Crippen LogP contribution in [0.1, 0.15) is 32.8 Å². The van der Waals surface area contributed by atoms with Gasteiger partial charge in [0.15, 0.2) is 0 Å². The third-order valence-electron chi connectivity index (χ3n) is 2.30. The Morgan fingerprint density at radius 3 is 2.74 bits per heavy atom. The molecule has 0 unspecified atom stereocenters. The lowest BCUT2D eigenvalue weighted by atomic mass is 10.1. The van der Waals surface area contributed by atoms with Crippen LogP contribution in [0, 0.1) is 0 Å². The molecule has 1 aromatic rings. The number of rotatable bonds is 4. The molecule has 0 aliphatic carbocycles. The third-order valence-corrected chi connectivity index (χ3v) is 3.16. The monoisotopic (exact) mass is 347 g/mol. The molecule has 0 bridgehead atoms. The highest BCUT2D eigenvalue weighted by atomic mass is 79.9. The van der Waals surface area contributed by atoms with Crippen LogP contribution in [0.25, 0.3) is 0 Å². The number of hydrogen-bond acceptors (Lipinski definition) is 2. The van der Waals surface area contributed by atoms with E-state index in [-0.39, 0.29) is 6.09 Å². The van der Waals surface area contributed by atoms with Gasteiger partial charge in [0.1, 0.15) is 5.60 Å². The average molecular weight is 349 g/mol. The standard InChI is InChI=1S/C14H19BrClNO2/c1-14(2,3)19-13(18)17-8-4-5-10-9-11(15)6-7-12(10)16/h6-7,9H,4-5,8H2,1-3H3,(H,17,18). The Labute approximate surface area is 127 Å². The van der Waals surface area contributed by atoms with Crippen molar-refractivity contribution in [1.29, 1.82) is 0 Å². The summed E-state index contributed by atoms with van der Waals surface area (Å²) in [7, 11) is 0. The number of halogens is 2. The van der Waals surface area contributed by atoms with Crippen LogP contribution in [0.4, 0.5) is 4.79 Å². The Kier molecular flexibility index (Phi) is 6.14. The molecule has 106 valence electrons. The van der Waals surface area contributed by atoms with Gasteiger partial charge in [0.05, 0.1) is 0 Å². The SMILES string of the molecule is CC(C)(C)OC(=O)NCCCc1cc(Br)ccc1Cl. The van der Waals surface area contributed by atoms with E-state index in [1.165, 1.54) is 0 Å². The maximum atomic E-state index is 11.4. The summed E-state index contributed by atoms with van der Waals surface area (Å²) in [5.41, 5.74) is 0.611. The Bertz CT molecular complexity index is 444. The zero-order valence-electron chi connectivity index (χ0n) is 11.4. The molecule has 0 fully saturated rings. The minimum absolute atomic E-state index is 0.382. The zero-order chi connectivity index (χ0) is 14.5. The minimum atomic E-state index is -0.461. The second-order valence-corrected chi connectivity index (χ2v) is 6.59. The van der Waals surface area contributed by atoms with Gasteiger partial charge >= 0.3 is 6.09 Å². The first-order valence-electron chi connectivity index (χ1n) is 6.19. The molecule has 0 heterocycles. The first-order chi connectivity index (χ1) is 8.78. The largest absolute Gasteiger partial charge is 0.444 e. The zero-order valence-corrected chi connectivity index (χ0v) is 13.8. The summed E-state index contributed by atoms with van der Waals surface area (Å²) < 4.78 is 6.16. The molecule has 0 aliphatic heterocycles. The van der Waals surface area contributed by atoms with Crippen LogP contribution in [-0.4, -0.2) is 18.2 Å². The maximum absolute atomic E-state index is 11.4. The Hall–Kier alpha value is -0.740. The van der Waals surface area contributed by atoms with Crippen LogP contribution in [0.5, 0.6) is 0 Å². The quantitative estimate of drug-likeness (QED) is 0.810. The smallest absolute Gasteiger partial charge is 0.407 e.